The van der Waals surface area contributed by atoms with Gasteiger partial charge in [-0.2, -0.15) is 0 Å². The Morgan fingerprint density at radius 2 is 2.00 bits per heavy atom. The first-order valence-electron chi connectivity index (χ1n) is 7.74. The van der Waals surface area contributed by atoms with Crippen molar-refractivity contribution in [3.8, 4) is 0 Å². The highest BCUT2D eigenvalue weighted by atomic mass is 15.3. The zero-order chi connectivity index (χ0) is 14.4. The van der Waals surface area contributed by atoms with Crippen LogP contribution in [0.4, 0.5) is 0 Å². The zero-order valence-electron chi connectivity index (χ0n) is 12.8. The Morgan fingerprint density at radius 1 is 1.30 bits per heavy atom. The summed E-state index contributed by atoms with van der Waals surface area (Å²) in [4.78, 5) is 6.80. The highest BCUT2D eigenvalue weighted by Gasteiger charge is 2.35. The van der Waals surface area contributed by atoms with Gasteiger partial charge in [0, 0.05) is 24.0 Å². The van der Waals surface area contributed by atoms with Crippen molar-refractivity contribution in [1.29, 1.82) is 0 Å². The predicted octanol–water partition coefficient (Wildman–Crippen LogP) is 2.11. The lowest BCUT2D eigenvalue weighted by Crippen LogP contribution is -2.60. The molecule has 0 saturated carbocycles. The van der Waals surface area contributed by atoms with Crippen LogP contribution in [0, 0.1) is 0 Å². The minimum Gasteiger partial charge on any atom is -0.297 e. The van der Waals surface area contributed by atoms with Crippen molar-refractivity contribution >= 4 is 0 Å². The summed E-state index contributed by atoms with van der Waals surface area (Å²) in [5.41, 5.74) is 4.32. The van der Waals surface area contributed by atoms with Gasteiger partial charge >= 0.3 is 0 Å². The van der Waals surface area contributed by atoms with Crippen LogP contribution in [0.5, 0.6) is 0 Å². The van der Waals surface area contributed by atoms with Crippen molar-refractivity contribution in [1.82, 2.24) is 15.3 Å². The molecule has 1 unspecified atom stereocenters. The molecule has 20 heavy (non-hydrogen) atoms. The van der Waals surface area contributed by atoms with E-state index in [1.807, 2.05) is 18.5 Å². The fraction of sp³-hybridized carbons (Fsp3) is 0.688. The zero-order valence-corrected chi connectivity index (χ0v) is 12.8. The monoisotopic (exact) mass is 276 g/mol. The first-order valence-corrected chi connectivity index (χ1v) is 7.74. The number of nitrogens with two attached hydrogens (primary N) is 1. The largest absolute Gasteiger partial charge is 0.297 e. The third-order valence-corrected chi connectivity index (χ3v) is 4.64. The molecule has 1 atom stereocenters. The molecule has 2 heterocycles. The van der Waals surface area contributed by atoms with E-state index in [-0.39, 0.29) is 11.6 Å². The SMILES string of the molecule is CC(C)(C(Cc1cccnc1)NN)N1CCCCCC1. The average Bonchev–Trinajstić information content (AvgIpc) is 2.75. The molecule has 1 aromatic rings. The molecule has 1 aliphatic heterocycles. The molecule has 0 aromatic carbocycles. The molecular weight excluding hydrogens is 248 g/mol. The van der Waals surface area contributed by atoms with Crippen LogP contribution in [0.3, 0.4) is 0 Å². The van der Waals surface area contributed by atoms with Crippen LogP contribution in [0.25, 0.3) is 0 Å². The van der Waals surface area contributed by atoms with E-state index in [1.165, 1.54) is 44.3 Å². The van der Waals surface area contributed by atoms with Gasteiger partial charge in [-0.3, -0.25) is 21.2 Å². The van der Waals surface area contributed by atoms with Crippen molar-refractivity contribution in [3.63, 3.8) is 0 Å². The van der Waals surface area contributed by atoms with E-state index in [0.717, 1.165) is 6.42 Å². The molecule has 112 valence electrons. The quantitative estimate of drug-likeness (QED) is 0.639. The van der Waals surface area contributed by atoms with Gasteiger partial charge in [0.1, 0.15) is 0 Å². The summed E-state index contributed by atoms with van der Waals surface area (Å²) in [7, 11) is 0. The fourth-order valence-electron chi connectivity index (χ4n) is 3.13. The van der Waals surface area contributed by atoms with Gasteiger partial charge < -0.3 is 0 Å². The van der Waals surface area contributed by atoms with Gasteiger partial charge in [0.15, 0.2) is 0 Å². The topological polar surface area (TPSA) is 54.2 Å². The molecule has 0 spiro atoms. The van der Waals surface area contributed by atoms with Crippen LogP contribution in [0.2, 0.25) is 0 Å². The molecule has 2 rings (SSSR count). The number of pyridine rings is 1. The van der Waals surface area contributed by atoms with Gasteiger partial charge in [-0.15, -0.1) is 0 Å². The van der Waals surface area contributed by atoms with Gasteiger partial charge in [0.25, 0.3) is 0 Å². The second-order valence-electron chi connectivity index (χ2n) is 6.34. The maximum atomic E-state index is 5.86. The Labute approximate surface area is 122 Å². The van der Waals surface area contributed by atoms with Crippen molar-refractivity contribution in [3.05, 3.63) is 30.1 Å². The van der Waals surface area contributed by atoms with E-state index >= 15 is 0 Å². The van der Waals surface area contributed by atoms with E-state index in [2.05, 4.69) is 35.2 Å². The van der Waals surface area contributed by atoms with Gasteiger partial charge in [0.2, 0.25) is 0 Å². The maximum Gasteiger partial charge on any atom is 0.0430 e. The second-order valence-corrected chi connectivity index (χ2v) is 6.34. The molecule has 3 N–H and O–H groups in total. The van der Waals surface area contributed by atoms with Crippen LogP contribution in [0.15, 0.2) is 24.5 Å². The van der Waals surface area contributed by atoms with E-state index in [1.54, 1.807) is 0 Å². The first-order chi connectivity index (χ1) is 9.64. The molecule has 1 aromatic heterocycles. The van der Waals surface area contributed by atoms with Crippen LogP contribution in [-0.2, 0) is 6.42 Å². The molecule has 1 fully saturated rings. The van der Waals surface area contributed by atoms with Crippen molar-refractivity contribution < 1.29 is 0 Å². The Morgan fingerprint density at radius 3 is 2.55 bits per heavy atom. The molecule has 0 bridgehead atoms. The fourth-order valence-corrected chi connectivity index (χ4v) is 3.13. The Kier molecular flexibility index (Phi) is 5.52. The van der Waals surface area contributed by atoms with Crippen LogP contribution in [0.1, 0.15) is 45.1 Å². The maximum absolute atomic E-state index is 5.86. The van der Waals surface area contributed by atoms with Gasteiger partial charge in [0.05, 0.1) is 0 Å². The Balaban J connectivity index is 2.07. The lowest BCUT2D eigenvalue weighted by Gasteiger charge is -2.43. The molecule has 0 amide bonds. The summed E-state index contributed by atoms with van der Waals surface area (Å²) < 4.78 is 0. The van der Waals surface area contributed by atoms with E-state index in [4.69, 9.17) is 5.84 Å². The highest BCUT2D eigenvalue weighted by Crippen LogP contribution is 2.25. The van der Waals surface area contributed by atoms with E-state index < -0.39 is 0 Å². The van der Waals surface area contributed by atoms with Crippen LogP contribution >= 0.6 is 0 Å². The summed E-state index contributed by atoms with van der Waals surface area (Å²) in [6.45, 7) is 6.97. The second kappa shape index (κ2) is 7.16. The van der Waals surface area contributed by atoms with Gasteiger partial charge in [-0.1, -0.05) is 18.9 Å². The first kappa shape index (κ1) is 15.4. The number of nitrogens with one attached hydrogen (secondary N) is 1. The number of aromatic nitrogens is 1. The standard InChI is InChI=1S/C16H28N4/c1-16(2,20-10-5-3-4-6-11-20)15(19-17)12-14-8-7-9-18-13-14/h7-9,13,15,19H,3-6,10-12,17H2,1-2H3. The summed E-state index contributed by atoms with van der Waals surface area (Å²) in [5.74, 6) is 5.86. The normalized spacial score (nSPS) is 19.6. The molecule has 1 aliphatic rings. The summed E-state index contributed by atoms with van der Waals surface area (Å²) >= 11 is 0. The summed E-state index contributed by atoms with van der Waals surface area (Å²) in [6.07, 6.45) is 9.97. The van der Waals surface area contributed by atoms with Crippen molar-refractivity contribution in [2.75, 3.05) is 13.1 Å². The minimum atomic E-state index is 0.0505. The molecule has 4 nitrogen and oxygen atoms in total. The number of hydrazine groups is 1. The Bertz CT molecular complexity index is 383. The van der Waals surface area contributed by atoms with Gasteiger partial charge in [-0.05, 0) is 57.8 Å². The number of nitrogens with zero attached hydrogens (tertiary/aromatic N) is 2. The van der Waals surface area contributed by atoms with Crippen LogP contribution in [-0.4, -0.2) is 34.6 Å². The average molecular weight is 276 g/mol. The Hall–Kier alpha value is -0.970. The molecular formula is C16H28N4. The number of rotatable bonds is 5. The highest BCUT2D eigenvalue weighted by molar-refractivity contribution is 5.12. The van der Waals surface area contributed by atoms with Crippen molar-refractivity contribution in [2.24, 2.45) is 5.84 Å². The number of hydrogen-bond donors (Lipinski definition) is 2. The van der Waals surface area contributed by atoms with Crippen LogP contribution < -0.4 is 11.3 Å². The van der Waals surface area contributed by atoms with Gasteiger partial charge in [-0.25, -0.2) is 0 Å². The van der Waals surface area contributed by atoms with Crippen molar-refractivity contribution in [2.45, 2.75) is 57.5 Å². The summed E-state index contributed by atoms with van der Waals surface area (Å²) in [6, 6.07) is 4.34. The molecule has 0 aliphatic carbocycles. The third-order valence-electron chi connectivity index (χ3n) is 4.64. The predicted molar refractivity (Wildman–Crippen MR) is 83.2 cm³/mol. The van der Waals surface area contributed by atoms with E-state index in [0.29, 0.717) is 0 Å². The number of hydrogen-bond acceptors (Lipinski definition) is 4. The lowest BCUT2D eigenvalue weighted by atomic mass is 9.88. The van der Waals surface area contributed by atoms with E-state index in [9.17, 15) is 0 Å². The lowest BCUT2D eigenvalue weighted by molar-refractivity contribution is 0.0835. The molecule has 4 heteroatoms. The number of likely N-dealkylation sites (tertiary alicyclic amines) is 1. The smallest absolute Gasteiger partial charge is 0.0430 e. The summed E-state index contributed by atoms with van der Waals surface area (Å²) in [5, 5.41) is 0. The third kappa shape index (κ3) is 3.78. The molecule has 1 saturated heterocycles. The minimum absolute atomic E-state index is 0.0505. The molecule has 0 radical (unpaired) electrons.